The van der Waals surface area contributed by atoms with E-state index < -0.39 is 0 Å². The van der Waals surface area contributed by atoms with Crippen LogP contribution in [0.5, 0.6) is 0 Å². The third-order valence-corrected chi connectivity index (χ3v) is 10.6. The highest BCUT2D eigenvalue weighted by molar-refractivity contribution is 6.30. The van der Waals surface area contributed by atoms with E-state index in [0.29, 0.717) is 43.0 Å². The summed E-state index contributed by atoms with van der Waals surface area (Å²) in [5.41, 5.74) is 7.01. The van der Waals surface area contributed by atoms with Crippen LogP contribution >= 0.6 is 11.6 Å². The molecule has 2 heterocycles. The number of carbonyl (C=O) groups excluding carboxylic acids is 2. The lowest BCUT2D eigenvalue weighted by atomic mass is 10.0. The summed E-state index contributed by atoms with van der Waals surface area (Å²) in [7, 11) is 4.31. The fourth-order valence-electron chi connectivity index (χ4n) is 6.99. The molecule has 4 aromatic carbocycles. The van der Waals surface area contributed by atoms with Crippen LogP contribution in [0, 0.1) is 13.8 Å². The molecule has 0 unspecified atom stereocenters. The minimum Gasteiger partial charge on any atom is -0.335 e. The molecule has 2 aliphatic rings. The van der Waals surface area contributed by atoms with E-state index in [1.807, 2.05) is 54.6 Å². The van der Waals surface area contributed by atoms with Crippen LogP contribution in [0.15, 0.2) is 103 Å². The molecular formula is C44H55ClN4O2. The number of aryl methyl sites for hydroxylation is 2. The molecule has 2 amide bonds. The van der Waals surface area contributed by atoms with Gasteiger partial charge in [-0.1, -0.05) is 114 Å². The van der Waals surface area contributed by atoms with Gasteiger partial charge < -0.3 is 19.6 Å². The molecular weight excluding hydrogens is 652 g/mol. The first-order chi connectivity index (χ1) is 24.6. The Morgan fingerprint density at radius 3 is 1.29 bits per heavy atom. The Morgan fingerprint density at radius 2 is 0.902 bits per heavy atom. The second-order valence-corrected chi connectivity index (χ2v) is 15.0. The first-order valence-electron chi connectivity index (χ1n) is 18.5. The van der Waals surface area contributed by atoms with Gasteiger partial charge in [0, 0.05) is 30.2 Å². The number of carbonyl (C=O) groups is 2. The van der Waals surface area contributed by atoms with Crippen LogP contribution in [-0.4, -0.2) is 83.8 Å². The summed E-state index contributed by atoms with van der Waals surface area (Å²) in [6.45, 7) is 9.79. The SMILES string of the molecule is Cc1ccc(CN(C(=O)Cc2ccc(Cl)cc2)C2CCN(C)CC2)cc1.Cc1ccc(CN(C(=O)Cc2ccccc2)C2CCN(C)CC2)cc1. The van der Waals surface area contributed by atoms with E-state index >= 15 is 0 Å². The lowest BCUT2D eigenvalue weighted by molar-refractivity contribution is -0.135. The fourth-order valence-corrected chi connectivity index (χ4v) is 7.11. The minimum atomic E-state index is 0.197. The predicted molar refractivity (Wildman–Crippen MR) is 210 cm³/mol. The van der Waals surface area contributed by atoms with E-state index in [-0.39, 0.29) is 11.8 Å². The van der Waals surface area contributed by atoms with Gasteiger partial charge in [0.2, 0.25) is 11.8 Å². The number of hydrogen-bond acceptors (Lipinski definition) is 4. The van der Waals surface area contributed by atoms with Crippen LogP contribution in [0.25, 0.3) is 0 Å². The van der Waals surface area contributed by atoms with Crippen molar-refractivity contribution in [3.8, 4) is 0 Å². The maximum atomic E-state index is 13.1. The number of hydrogen-bond donors (Lipinski definition) is 0. The van der Waals surface area contributed by atoms with Crippen LogP contribution in [-0.2, 0) is 35.5 Å². The molecule has 0 spiro atoms. The molecule has 270 valence electrons. The highest BCUT2D eigenvalue weighted by atomic mass is 35.5. The number of rotatable bonds is 10. The maximum absolute atomic E-state index is 13.1. The summed E-state index contributed by atoms with van der Waals surface area (Å²) < 4.78 is 0. The molecule has 7 heteroatoms. The zero-order valence-corrected chi connectivity index (χ0v) is 31.7. The number of nitrogens with zero attached hydrogens (tertiary/aromatic N) is 4. The number of piperidine rings is 2. The Bertz CT molecular complexity index is 1640. The smallest absolute Gasteiger partial charge is 0.227 e. The summed E-state index contributed by atoms with van der Waals surface area (Å²) in [6.07, 6.45) is 5.10. The van der Waals surface area contributed by atoms with Crippen molar-refractivity contribution in [2.45, 2.75) is 77.5 Å². The molecule has 0 radical (unpaired) electrons. The van der Waals surface area contributed by atoms with Crippen molar-refractivity contribution in [2.24, 2.45) is 0 Å². The molecule has 0 N–H and O–H groups in total. The molecule has 4 aromatic rings. The van der Waals surface area contributed by atoms with Crippen molar-refractivity contribution < 1.29 is 9.59 Å². The maximum Gasteiger partial charge on any atom is 0.227 e. The van der Waals surface area contributed by atoms with Gasteiger partial charge in [-0.2, -0.15) is 0 Å². The topological polar surface area (TPSA) is 47.1 Å². The van der Waals surface area contributed by atoms with Crippen molar-refractivity contribution in [1.82, 2.24) is 19.6 Å². The Hall–Kier alpha value is -3.97. The first-order valence-corrected chi connectivity index (χ1v) is 18.9. The lowest BCUT2D eigenvalue weighted by Crippen LogP contribution is -2.46. The summed E-state index contributed by atoms with van der Waals surface area (Å²) in [4.78, 5) is 35.1. The van der Waals surface area contributed by atoms with Crippen LogP contribution in [0.1, 0.15) is 59.1 Å². The van der Waals surface area contributed by atoms with Crippen molar-refractivity contribution in [3.05, 3.63) is 142 Å². The summed E-state index contributed by atoms with van der Waals surface area (Å²) in [5, 5.41) is 0.702. The predicted octanol–water partition coefficient (Wildman–Crippen LogP) is 7.97. The Balaban J connectivity index is 0.000000198. The van der Waals surface area contributed by atoms with E-state index in [1.165, 1.54) is 22.3 Å². The molecule has 0 aliphatic carbocycles. The van der Waals surface area contributed by atoms with Gasteiger partial charge in [-0.05, 0) is 114 Å². The second-order valence-electron chi connectivity index (χ2n) is 14.5. The van der Waals surface area contributed by atoms with E-state index in [4.69, 9.17) is 11.6 Å². The van der Waals surface area contributed by atoms with Crippen LogP contribution < -0.4 is 0 Å². The normalized spacial score (nSPS) is 15.9. The summed E-state index contributed by atoms with van der Waals surface area (Å²) in [5.74, 6) is 0.434. The lowest BCUT2D eigenvalue weighted by Gasteiger charge is -2.37. The zero-order valence-electron chi connectivity index (χ0n) is 30.9. The fraction of sp³-hybridized carbons (Fsp3) is 0.409. The van der Waals surface area contributed by atoms with Crippen molar-refractivity contribution in [1.29, 1.82) is 0 Å². The Morgan fingerprint density at radius 1 is 0.549 bits per heavy atom. The Labute approximate surface area is 311 Å². The number of halogens is 1. The van der Waals surface area contributed by atoms with Gasteiger partial charge >= 0.3 is 0 Å². The van der Waals surface area contributed by atoms with E-state index in [2.05, 4.69) is 96.1 Å². The largest absolute Gasteiger partial charge is 0.335 e. The van der Waals surface area contributed by atoms with E-state index in [0.717, 1.165) is 63.0 Å². The summed E-state index contributed by atoms with van der Waals surface area (Å²) in [6, 6.07) is 35.4. The van der Waals surface area contributed by atoms with Gasteiger partial charge in [-0.25, -0.2) is 0 Å². The van der Waals surface area contributed by atoms with Gasteiger partial charge in [0.05, 0.1) is 12.8 Å². The molecule has 6 nitrogen and oxygen atoms in total. The first kappa shape index (κ1) is 38.3. The van der Waals surface area contributed by atoms with Gasteiger partial charge in [0.25, 0.3) is 0 Å². The highest BCUT2D eigenvalue weighted by Crippen LogP contribution is 2.22. The average Bonchev–Trinajstić information content (AvgIpc) is 3.13. The summed E-state index contributed by atoms with van der Waals surface area (Å²) >= 11 is 5.97. The highest BCUT2D eigenvalue weighted by Gasteiger charge is 2.28. The number of benzene rings is 4. The zero-order chi connectivity index (χ0) is 36.2. The molecule has 2 saturated heterocycles. The third-order valence-electron chi connectivity index (χ3n) is 10.3. The standard InChI is InChI=1S/C22H27ClN2O.C22H28N2O/c1-17-3-5-19(6-4-17)16-25(21-11-13-24(2)14-12-21)22(26)15-18-7-9-20(23)10-8-18;1-18-8-10-20(11-9-18)17-24(21-12-14-23(2)15-13-21)22(25)16-19-6-4-3-5-7-19/h3-10,21H,11-16H2,1-2H3;3-11,21H,12-17H2,1-2H3. The molecule has 0 bridgehead atoms. The molecule has 6 rings (SSSR count). The molecule has 2 fully saturated rings. The van der Waals surface area contributed by atoms with Gasteiger partial charge in [0.15, 0.2) is 0 Å². The van der Waals surface area contributed by atoms with E-state index in [1.54, 1.807) is 0 Å². The molecule has 2 aliphatic heterocycles. The van der Waals surface area contributed by atoms with Gasteiger partial charge in [-0.3, -0.25) is 9.59 Å². The molecule has 0 atom stereocenters. The number of amides is 2. The molecule has 51 heavy (non-hydrogen) atoms. The van der Waals surface area contributed by atoms with Crippen LogP contribution in [0.4, 0.5) is 0 Å². The Kier molecular flexibility index (Phi) is 14.3. The van der Waals surface area contributed by atoms with Crippen LogP contribution in [0.3, 0.4) is 0 Å². The number of likely N-dealkylation sites (tertiary alicyclic amines) is 2. The average molecular weight is 707 g/mol. The van der Waals surface area contributed by atoms with Crippen molar-refractivity contribution >= 4 is 23.4 Å². The molecule has 0 saturated carbocycles. The van der Waals surface area contributed by atoms with Crippen LogP contribution in [0.2, 0.25) is 5.02 Å². The second kappa shape index (κ2) is 19.0. The van der Waals surface area contributed by atoms with Gasteiger partial charge in [-0.15, -0.1) is 0 Å². The minimum absolute atomic E-state index is 0.197. The van der Waals surface area contributed by atoms with Crippen molar-refractivity contribution in [2.75, 3.05) is 40.3 Å². The van der Waals surface area contributed by atoms with Gasteiger partial charge in [0.1, 0.15) is 0 Å². The van der Waals surface area contributed by atoms with E-state index in [9.17, 15) is 9.59 Å². The quantitative estimate of drug-likeness (QED) is 0.168. The molecule has 0 aromatic heterocycles. The van der Waals surface area contributed by atoms with Crippen molar-refractivity contribution in [3.63, 3.8) is 0 Å². The monoisotopic (exact) mass is 706 g/mol. The third kappa shape index (κ3) is 12.1.